The monoisotopic (exact) mass is 360 g/mol. The Morgan fingerprint density at radius 3 is 2.62 bits per heavy atom. The van der Waals surface area contributed by atoms with Gasteiger partial charge in [-0.25, -0.2) is 0 Å². The molecule has 3 heterocycles. The molecule has 0 unspecified atom stereocenters. The molecular weight excluding hydrogens is 332 g/mol. The van der Waals surface area contributed by atoms with Gasteiger partial charge in [-0.1, -0.05) is 6.07 Å². The zero-order valence-corrected chi connectivity index (χ0v) is 15.4. The second-order valence-electron chi connectivity index (χ2n) is 7.54. The molecule has 4 rings (SSSR count). The SMILES string of the molecule is Cn1ccc2c(OC3CCN(CC4(O)COCCOC4)CC3)cccc21. The van der Waals surface area contributed by atoms with Crippen LogP contribution in [-0.4, -0.2) is 72.3 Å². The van der Waals surface area contributed by atoms with E-state index in [1.807, 2.05) is 6.07 Å². The molecule has 0 amide bonds. The number of piperidine rings is 1. The lowest BCUT2D eigenvalue weighted by atomic mass is 10.0. The molecule has 26 heavy (non-hydrogen) atoms. The van der Waals surface area contributed by atoms with Gasteiger partial charge >= 0.3 is 0 Å². The van der Waals surface area contributed by atoms with Gasteiger partial charge in [0, 0.05) is 38.3 Å². The number of ether oxygens (including phenoxy) is 3. The lowest BCUT2D eigenvalue weighted by Gasteiger charge is -2.37. The Morgan fingerprint density at radius 2 is 1.88 bits per heavy atom. The average molecular weight is 360 g/mol. The Hall–Kier alpha value is -1.60. The molecule has 1 aromatic carbocycles. The van der Waals surface area contributed by atoms with Crippen molar-refractivity contribution in [3.8, 4) is 5.75 Å². The Kier molecular flexibility index (Phi) is 5.18. The van der Waals surface area contributed by atoms with Crippen molar-refractivity contribution < 1.29 is 19.3 Å². The smallest absolute Gasteiger partial charge is 0.129 e. The number of rotatable bonds is 4. The van der Waals surface area contributed by atoms with Gasteiger partial charge in [0.05, 0.1) is 31.9 Å². The molecule has 6 nitrogen and oxygen atoms in total. The first-order valence-electron chi connectivity index (χ1n) is 9.44. The van der Waals surface area contributed by atoms with Gasteiger partial charge in [-0.2, -0.15) is 0 Å². The highest BCUT2D eigenvalue weighted by Gasteiger charge is 2.33. The summed E-state index contributed by atoms with van der Waals surface area (Å²) in [4.78, 5) is 2.29. The van der Waals surface area contributed by atoms with E-state index in [2.05, 4.69) is 40.9 Å². The minimum absolute atomic E-state index is 0.216. The molecule has 1 aromatic heterocycles. The third-order valence-corrected chi connectivity index (χ3v) is 5.35. The number of benzene rings is 1. The molecule has 0 saturated carbocycles. The number of aryl methyl sites for hydroxylation is 1. The summed E-state index contributed by atoms with van der Waals surface area (Å²) in [5.74, 6) is 0.964. The zero-order chi connectivity index (χ0) is 18.0. The molecule has 0 atom stereocenters. The number of nitrogens with zero attached hydrogens (tertiary/aromatic N) is 2. The maximum Gasteiger partial charge on any atom is 0.129 e. The van der Waals surface area contributed by atoms with Crippen LogP contribution in [0.5, 0.6) is 5.75 Å². The van der Waals surface area contributed by atoms with E-state index in [-0.39, 0.29) is 6.10 Å². The fourth-order valence-electron chi connectivity index (χ4n) is 3.93. The first kappa shape index (κ1) is 17.8. The summed E-state index contributed by atoms with van der Waals surface area (Å²) >= 11 is 0. The number of β-amino-alcohol motifs (C(OH)–C–C–N with tert-alkyl or cyclic N) is 1. The van der Waals surface area contributed by atoms with E-state index < -0.39 is 5.60 Å². The van der Waals surface area contributed by atoms with E-state index in [9.17, 15) is 5.11 Å². The normalized spacial score (nSPS) is 22.4. The van der Waals surface area contributed by atoms with Crippen LogP contribution in [-0.2, 0) is 16.5 Å². The van der Waals surface area contributed by atoms with Crippen molar-refractivity contribution >= 4 is 10.9 Å². The van der Waals surface area contributed by atoms with Crippen LogP contribution in [0.15, 0.2) is 30.5 Å². The van der Waals surface area contributed by atoms with Crippen molar-refractivity contribution in [3.05, 3.63) is 30.5 Å². The highest BCUT2D eigenvalue weighted by Crippen LogP contribution is 2.29. The van der Waals surface area contributed by atoms with Gasteiger partial charge in [-0.3, -0.25) is 0 Å². The van der Waals surface area contributed by atoms with Crippen molar-refractivity contribution in [2.24, 2.45) is 7.05 Å². The molecule has 2 saturated heterocycles. The summed E-state index contributed by atoms with van der Waals surface area (Å²) < 4.78 is 19.4. The number of aliphatic hydroxyl groups is 1. The van der Waals surface area contributed by atoms with E-state index in [1.54, 1.807) is 0 Å². The molecule has 2 aromatic rings. The molecule has 6 heteroatoms. The Bertz CT molecular complexity index is 728. The van der Waals surface area contributed by atoms with Crippen LogP contribution < -0.4 is 4.74 Å². The molecule has 2 fully saturated rings. The summed E-state index contributed by atoms with van der Waals surface area (Å²) in [7, 11) is 2.05. The zero-order valence-electron chi connectivity index (χ0n) is 15.4. The van der Waals surface area contributed by atoms with Crippen molar-refractivity contribution in [2.75, 3.05) is 46.1 Å². The standard InChI is InChI=1S/C20H28N2O4/c1-21-8-7-17-18(21)3-2-4-19(17)26-16-5-9-22(10-6-16)13-20(23)14-24-11-12-25-15-20/h2-4,7-8,16,23H,5-6,9-15H2,1H3. The summed E-state index contributed by atoms with van der Waals surface area (Å²) in [6.07, 6.45) is 4.20. The topological polar surface area (TPSA) is 56.1 Å². The van der Waals surface area contributed by atoms with Crippen LogP contribution in [0.4, 0.5) is 0 Å². The van der Waals surface area contributed by atoms with Crippen LogP contribution in [0.1, 0.15) is 12.8 Å². The highest BCUT2D eigenvalue weighted by molar-refractivity contribution is 5.86. The second kappa shape index (κ2) is 7.56. The van der Waals surface area contributed by atoms with Gasteiger partial charge in [0.25, 0.3) is 0 Å². The number of likely N-dealkylation sites (tertiary alicyclic amines) is 1. The van der Waals surface area contributed by atoms with E-state index in [4.69, 9.17) is 14.2 Å². The molecule has 2 aliphatic heterocycles. The predicted octanol–water partition coefficient (Wildman–Crippen LogP) is 1.80. The van der Waals surface area contributed by atoms with Gasteiger partial charge in [0.1, 0.15) is 17.5 Å². The van der Waals surface area contributed by atoms with Crippen molar-refractivity contribution in [1.29, 1.82) is 0 Å². The minimum Gasteiger partial charge on any atom is -0.490 e. The maximum atomic E-state index is 10.7. The number of hydrogen-bond acceptors (Lipinski definition) is 5. The highest BCUT2D eigenvalue weighted by atomic mass is 16.6. The number of hydrogen-bond donors (Lipinski definition) is 1. The Morgan fingerprint density at radius 1 is 1.15 bits per heavy atom. The molecule has 0 aliphatic carbocycles. The number of aromatic nitrogens is 1. The van der Waals surface area contributed by atoms with Gasteiger partial charge in [-0.05, 0) is 31.0 Å². The Labute approximate surface area is 154 Å². The first-order chi connectivity index (χ1) is 12.6. The largest absolute Gasteiger partial charge is 0.490 e. The molecule has 0 spiro atoms. The maximum absolute atomic E-state index is 10.7. The first-order valence-corrected chi connectivity index (χ1v) is 9.44. The van der Waals surface area contributed by atoms with Crippen molar-refractivity contribution in [3.63, 3.8) is 0 Å². The van der Waals surface area contributed by atoms with Crippen LogP contribution in [0, 0.1) is 0 Å². The van der Waals surface area contributed by atoms with E-state index in [1.165, 1.54) is 10.9 Å². The van der Waals surface area contributed by atoms with Crippen LogP contribution in [0.2, 0.25) is 0 Å². The van der Waals surface area contributed by atoms with Gasteiger partial charge in [-0.15, -0.1) is 0 Å². The summed E-state index contributed by atoms with van der Waals surface area (Å²) in [5.41, 5.74) is 0.287. The van der Waals surface area contributed by atoms with Crippen LogP contribution in [0.3, 0.4) is 0 Å². The van der Waals surface area contributed by atoms with Crippen molar-refractivity contribution in [1.82, 2.24) is 9.47 Å². The predicted molar refractivity (Wildman–Crippen MR) is 99.6 cm³/mol. The van der Waals surface area contributed by atoms with E-state index in [0.717, 1.165) is 31.7 Å². The molecule has 0 radical (unpaired) electrons. The molecule has 1 N–H and O–H groups in total. The Balaban J connectivity index is 1.33. The molecular formula is C20H28N2O4. The molecule has 0 bridgehead atoms. The molecule has 142 valence electrons. The van der Waals surface area contributed by atoms with Gasteiger partial charge in [0.2, 0.25) is 0 Å². The second-order valence-corrected chi connectivity index (χ2v) is 7.54. The fourth-order valence-corrected chi connectivity index (χ4v) is 3.93. The van der Waals surface area contributed by atoms with Crippen LogP contribution >= 0.6 is 0 Å². The fraction of sp³-hybridized carbons (Fsp3) is 0.600. The third kappa shape index (κ3) is 3.88. The lowest BCUT2D eigenvalue weighted by molar-refractivity contribution is -0.0795. The molecule has 2 aliphatic rings. The minimum atomic E-state index is -0.903. The number of fused-ring (bicyclic) bond motifs is 1. The van der Waals surface area contributed by atoms with Crippen molar-refractivity contribution in [2.45, 2.75) is 24.5 Å². The summed E-state index contributed by atoms with van der Waals surface area (Å²) in [5, 5.41) is 11.9. The van der Waals surface area contributed by atoms with E-state index >= 15 is 0 Å². The quantitative estimate of drug-likeness (QED) is 0.901. The average Bonchev–Trinajstić information content (AvgIpc) is 2.89. The van der Waals surface area contributed by atoms with Gasteiger partial charge in [0.15, 0.2) is 0 Å². The summed E-state index contributed by atoms with van der Waals surface area (Å²) in [6, 6.07) is 8.33. The third-order valence-electron chi connectivity index (χ3n) is 5.35. The van der Waals surface area contributed by atoms with E-state index in [0.29, 0.717) is 33.0 Å². The lowest BCUT2D eigenvalue weighted by Crippen LogP contribution is -2.51. The summed E-state index contributed by atoms with van der Waals surface area (Å²) in [6.45, 7) is 4.23. The van der Waals surface area contributed by atoms with Crippen LogP contribution in [0.25, 0.3) is 10.9 Å². The van der Waals surface area contributed by atoms with Gasteiger partial charge < -0.3 is 28.8 Å².